The summed E-state index contributed by atoms with van der Waals surface area (Å²) < 4.78 is 89.9. The highest BCUT2D eigenvalue weighted by Gasteiger charge is 2.52. The molecule has 12 aliphatic rings. The van der Waals surface area contributed by atoms with Crippen molar-refractivity contribution in [1.82, 2.24) is 44.6 Å². The van der Waals surface area contributed by atoms with E-state index >= 15 is 13.2 Å². The van der Waals surface area contributed by atoms with E-state index in [0.29, 0.717) is 132 Å². The fourth-order valence-corrected chi connectivity index (χ4v) is 29.3. The Morgan fingerprint density at radius 1 is 0.429 bits per heavy atom. The number of carbonyl (C=O) groups is 6. The molecule has 37 heteroatoms. The lowest BCUT2D eigenvalue weighted by molar-refractivity contribution is -0.172. The molecule has 28 nitrogen and oxygen atoms in total. The molecule has 0 saturated carbocycles. The first-order chi connectivity index (χ1) is 67.4. The predicted molar refractivity (Wildman–Crippen MR) is 529 cm³/mol. The van der Waals surface area contributed by atoms with E-state index in [0.717, 1.165) is 85.5 Å². The lowest BCUT2D eigenvalue weighted by Crippen LogP contribution is -2.44. The zero-order chi connectivity index (χ0) is 97.9. The molecular weight excluding hydrogens is 1920 g/mol. The Kier molecular flexibility index (Phi) is 25.3. The number of ether oxygens (including phenoxy) is 7. The largest absolute Gasteiger partial charge is 0.458 e. The first-order valence-corrected chi connectivity index (χ1v) is 54.9. The maximum atomic E-state index is 15.3. The van der Waals surface area contributed by atoms with Crippen molar-refractivity contribution in [3.63, 3.8) is 0 Å². The van der Waals surface area contributed by atoms with Gasteiger partial charge in [-0.25, -0.2) is 56.9 Å². The second kappa shape index (κ2) is 37.1. The standard InChI is InChI=1S/2C36H34FN3O6S2.C31H32FN3O7S2/c2*1-4-36(44)23-13-27-32-21(15-40(27)33(41)22(23)16-45-34(36)42)31-25(10-9-20-17(2)24(37)14-26(38-32)30(20)31)39-35(43)46-28-11-18-7-5-6-8-19(18)12-29(28)48-47-3;1-4-31(39)18-9-22-27-16(11-35(22)28(36)17(18)12-41-29(31)37)26-20(6-5-15-14(2)19(32)10-21(33-27)25(15)26)34-30(38)42-23-13-40-8-7-24(23)44-43-3/h2*5-8,13-14,25,28-29,44H,4,9-12,15-16H2,1-3H3,(H,39,43);9-10,20,23-24,39H,4-8,11-13H2,1-3H3,(H,34,38)/t25-,28+,29+,36-;25-,28-,29-,36-;20-,23+,24+,31-/m000/s1. The molecule has 728 valence electrons. The summed E-state index contributed by atoms with van der Waals surface area (Å²) in [6, 6.07) is 24.2. The average molecular weight is 2020 g/mol. The fourth-order valence-electron chi connectivity index (χ4n) is 23.1. The van der Waals surface area contributed by atoms with Crippen LogP contribution in [0.1, 0.15) is 206 Å². The number of hydrogen-bond donors (Lipinski definition) is 6. The number of pyridine rings is 6. The average Bonchev–Trinajstić information content (AvgIpc) is 1.55. The van der Waals surface area contributed by atoms with E-state index in [9.17, 15) is 58.5 Å². The second-order valence-electron chi connectivity index (χ2n) is 37.6. The van der Waals surface area contributed by atoms with Gasteiger partial charge in [0, 0.05) is 87.2 Å². The first kappa shape index (κ1) is 95.3. The fraction of sp³-hybridized carbons (Fsp3) is 0.417. The number of cyclic esters (lactones) is 3. The van der Waals surface area contributed by atoms with Crippen molar-refractivity contribution >= 4 is 134 Å². The van der Waals surface area contributed by atoms with Crippen molar-refractivity contribution in [2.75, 3.05) is 32.0 Å². The molecule has 6 aromatic heterocycles. The lowest BCUT2D eigenvalue weighted by atomic mass is 9.81. The molecule has 0 radical (unpaired) electrons. The molecule has 3 amide bonds. The highest BCUT2D eigenvalue weighted by atomic mass is 33.1. The van der Waals surface area contributed by atoms with E-state index in [1.807, 2.05) is 43.0 Å². The smallest absolute Gasteiger partial charge is 0.408 e. The van der Waals surface area contributed by atoms with Crippen molar-refractivity contribution in [1.29, 1.82) is 0 Å². The van der Waals surface area contributed by atoms with Crippen LogP contribution in [0.2, 0.25) is 0 Å². The van der Waals surface area contributed by atoms with Gasteiger partial charge in [-0.15, -0.1) is 0 Å². The minimum atomic E-state index is -1.97. The third kappa shape index (κ3) is 15.8. The maximum Gasteiger partial charge on any atom is 0.408 e. The molecule has 1 fully saturated rings. The third-order valence-corrected chi connectivity index (χ3v) is 37.2. The second-order valence-corrected chi connectivity index (χ2v) is 45.7. The number of aryl methyl sites for hydroxylation is 3. The van der Waals surface area contributed by atoms with Gasteiger partial charge >= 0.3 is 36.2 Å². The summed E-state index contributed by atoms with van der Waals surface area (Å²) in [6.07, 6.45) is 10.2. The van der Waals surface area contributed by atoms with Crippen LogP contribution < -0.4 is 32.6 Å². The number of alkyl carbamates (subject to hydrolysis) is 3. The number of rotatable bonds is 15. The van der Waals surface area contributed by atoms with Crippen LogP contribution in [-0.4, -0.2) is 146 Å². The monoisotopic (exact) mass is 2020 g/mol. The topological polar surface area (TPSA) is 368 Å². The molecule has 0 bridgehead atoms. The van der Waals surface area contributed by atoms with Crippen LogP contribution in [0, 0.1) is 38.2 Å². The Labute approximate surface area is 824 Å². The molecule has 1 saturated heterocycles. The molecule has 6 N–H and O–H groups in total. The summed E-state index contributed by atoms with van der Waals surface area (Å²) in [6.45, 7) is 10.9. The van der Waals surface area contributed by atoms with Crippen LogP contribution in [-0.2, 0) is 149 Å². The summed E-state index contributed by atoms with van der Waals surface area (Å²) in [5.41, 5.74) is 11.8. The summed E-state index contributed by atoms with van der Waals surface area (Å²) in [7, 11) is 10.0. The number of aliphatic hydroxyl groups is 3. The number of fused-ring (bicyclic) bond motifs is 17. The van der Waals surface area contributed by atoms with Crippen molar-refractivity contribution in [2.24, 2.45) is 0 Å². The van der Waals surface area contributed by atoms with Gasteiger partial charge in [0.05, 0.1) is 128 Å². The molecule has 140 heavy (non-hydrogen) atoms. The Morgan fingerprint density at radius 2 is 0.736 bits per heavy atom. The summed E-state index contributed by atoms with van der Waals surface area (Å²) in [5.74, 6) is -3.53. The van der Waals surface area contributed by atoms with Crippen LogP contribution in [0.3, 0.4) is 0 Å². The van der Waals surface area contributed by atoms with Gasteiger partial charge in [0.2, 0.25) is 0 Å². The Balaban J connectivity index is 0.000000125. The number of halogens is 3. The number of hydrogen-bond acceptors (Lipinski definition) is 28. The van der Waals surface area contributed by atoms with Gasteiger partial charge in [0.25, 0.3) is 16.7 Å². The van der Waals surface area contributed by atoms with E-state index in [-0.39, 0.29) is 154 Å². The molecule has 12 atom stereocenters. The molecule has 5 aliphatic carbocycles. The zero-order valence-electron chi connectivity index (χ0n) is 78.0. The van der Waals surface area contributed by atoms with E-state index in [2.05, 4.69) is 40.2 Å². The third-order valence-electron chi connectivity index (χ3n) is 30.4. The lowest BCUT2D eigenvalue weighted by Gasteiger charge is -2.33. The maximum absolute atomic E-state index is 15.3. The number of amides is 3. The molecule has 13 heterocycles. The minimum Gasteiger partial charge on any atom is -0.458 e. The van der Waals surface area contributed by atoms with Crippen molar-refractivity contribution in [3.05, 3.63) is 256 Å². The molecule has 0 spiro atoms. The van der Waals surface area contributed by atoms with E-state index in [4.69, 9.17) is 48.1 Å². The Hall–Kier alpha value is -10.9. The van der Waals surface area contributed by atoms with Gasteiger partial charge in [0.1, 0.15) is 55.6 Å². The van der Waals surface area contributed by atoms with Gasteiger partial charge < -0.3 is 78.1 Å². The highest BCUT2D eigenvalue weighted by Crippen LogP contribution is 2.53. The van der Waals surface area contributed by atoms with Crippen LogP contribution >= 0.6 is 64.8 Å². The number of carbonyl (C=O) groups excluding carboxylic acids is 6. The quantitative estimate of drug-likeness (QED) is 0.0315. The molecular formula is C103H100F3N9O19S6. The van der Waals surface area contributed by atoms with Gasteiger partial charge in [-0.3, -0.25) is 14.4 Å². The summed E-state index contributed by atoms with van der Waals surface area (Å²) in [4.78, 5) is 135. The number of nitrogens with zero attached hydrogens (tertiary/aromatic N) is 6. The van der Waals surface area contributed by atoms with Crippen molar-refractivity contribution in [2.45, 2.75) is 240 Å². The zero-order valence-corrected chi connectivity index (χ0v) is 82.9. The first-order valence-electron chi connectivity index (χ1n) is 47.1. The van der Waals surface area contributed by atoms with Crippen molar-refractivity contribution < 1.29 is 90.4 Å². The number of esters is 3. The van der Waals surface area contributed by atoms with Crippen LogP contribution in [0.15, 0.2) is 99.3 Å². The van der Waals surface area contributed by atoms with Gasteiger partial charge in [-0.05, 0) is 207 Å². The molecule has 7 aliphatic heterocycles. The van der Waals surface area contributed by atoms with Gasteiger partial charge in [0.15, 0.2) is 16.8 Å². The van der Waals surface area contributed by atoms with Gasteiger partial charge in [-0.1, -0.05) is 134 Å². The molecule has 5 aromatic carbocycles. The summed E-state index contributed by atoms with van der Waals surface area (Å²) in [5, 5.41) is 45.9. The summed E-state index contributed by atoms with van der Waals surface area (Å²) >= 11 is 0. The van der Waals surface area contributed by atoms with Crippen LogP contribution in [0.25, 0.3) is 66.9 Å². The SMILES string of the molecule is CC[C@@]1(O)C(=O)OCc2c1cc1n(c2=O)Cc2c-1nc1cc(F)c(C)c3c1c2[C@@H](NC(=O)O[C@@H]1COCC[C@H]1SSC)CC3.CC[C@@]1(O)C(=O)OCc2c1cc1n(c2=O)Cc2c-1nc1cc(F)c(C)c3c1c2[C@@H](NC(=O)O[C@@H]1Cc2ccccc2C[C@H]1SSC)CC3.CC[C@@]1(O)C(=O)OCc2c1cc1n(c2=O)Cc2c-1nc1cc(F)c(C)c3c1c2[C@@H](NC(=O)O[C@H]1Cc2ccccc2C[C@@H]1SSC)CC3. The van der Waals surface area contributed by atoms with E-state index in [1.54, 1.807) is 138 Å². The van der Waals surface area contributed by atoms with Crippen LogP contribution in [0.5, 0.6) is 0 Å². The number of benzene rings is 5. The molecule has 11 aromatic rings. The molecule has 23 rings (SSSR count). The minimum absolute atomic E-state index is 0.0231. The van der Waals surface area contributed by atoms with Crippen molar-refractivity contribution in [3.8, 4) is 34.2 Å². The van der Waals surface area contributed by atoms with Crippen LogP contribution in [0.4, 0.5) is 27.6 Å². The predicted octanol–water partition coefficient (Wildman–Crippen LogP) is 16.0. The normalized spacial score (nSPS) is 24.1. The number of aromatic nitrogens is 6. The van der Waals surface area contributed by atoms with E-state index in [1.165, 1.54) is 40.5 Å². The van der Waals surface area contributed by atoms with Gasteiger partial charge in [-0.2, -0.15) is 0 Å². The Bertz CT molecular complexity index is 7090. The van der Waals surface area contributed by atoms with E-state index < -0.39 is 77.2 Å². The Morgan fingerprint density at radius 3 is 1.05 bits per heavy atom. The highest BCUT2D eigenvalue weighted by molar-refractivity contribution is 8.77. The number of nitrogens with one attached hydrogen (secondary N) is 3. The molecule has 0 unspecified atom stereocenters.